The summed E-state index contributed by atoms with van der Waals surface area (Å²) in [4.78, 5) is 30.6. The number of carbonyl (C=O) groups is 2. The lowest BCUT2D eigenvalue weighted by molar-refractivity contribution is -0.126. The molecular formula is C23H27F2N3O2S. The molecule has 0 radical (unpaired) electrons. The maximum Gasteiger partial charge on any atom is 0.256 e. The zero-order chi connectivity index (χ0) is 21.8. The van der Waals surface area contributed by atoms with Crippen LogP contribution in [0.5, 0.6) is 0 Å². The van der Waals surface area contributed by atoms with Gasteiger partial charge in [0.1, 0.15) is 11.6 Å². The van der Waals surface area contributed by atoms with E-state index < -0.39 is 17.5 Å². The van der Waals surface area contributed by atoms with E-state index >= 15 is 0 Å². The van der Waals surface area contributed by atoms with E-state index in [-0.39, 0.29) is 23.4 Å². The fourth-order valence-electron chi connectivity index (χ4n) is 4.46. The fourth-order valence-corrected chi connectivity index (χ4v) is 5.32. The number of hydrogen-bond donors (Lipinski definition) is 1. The van der Waals surface area contributed by atoms with E-state index in [1.807, 2.05) is 6.07 Å². The van der Waals surface area contributed by atoms with Gasteiger partial charge in [-0.15, -0.1) is 11.3 Å². The lowest BCUT2D eigenvalue weighted by Gasteiger charge is -2.32. The van der Waals surface area contributed by atoms with Crippen LogP contribution in [0, 0.1) is 17.6 Å². The fraction of sp³-hybridized carbons (Fsp3) is 0.478. The highest BCUT2D eigenvalue weighted by molar-refractivity contribution is 7.10. The second-order valence-electron chi connectivity index (χ2n) is 8.21. The van der Waals surface area contributed by atoms with Crippen LogP contribution in [0.25, 0.3) is 0 Å². The Morgan fingerprint density at radius 1 is 1.10 bits per heavy atom. The molecule has 166 valence electrons. The van der Waals surface area contributed by atoms with Crippen molar-refractivity contribution in [2.45, 2.75) is 31.7 Å². The molecule has 0 aliphatic carbocycles. The molecule has 2 amide bonds. The summed E-state index contributed by atoms with van der Waals surface area (Å²) >= 11 is 1.72. The van der Waals surface area contributed by atoms with Gasteiger partial charge in [0.25, 0.3) is 5.91 Å². The Morgan fingerprint density at radius 3 is 2.48 bits per heavy atom. The van der Waals surface area contributed by atoms with Crippen LogP contribution in [-0.4, -0.2) is 54.3 Å². The standard InChI is InChI=1S/C23H27F2N3O2S/c24-17-5-6-18(19(25)14-17)23(30)28-11-7-16(8-12-28)22(29)26-15-20(21-4-3-13-31-21)27-9-1-2-10-27/h3-6,13-14,16,20H,1-2,7-12,15H2,(H,26,29). The third-order valence-electron chi connectivity index (χ3n) is 6.24. The second kappa shape index (κ2) is 9.87. The van der Waals surface area contributed by atoms with Crippen molar-refractivity contribution in [1.82, 2.24) is 15.1 Å². The Morgan fingerprint density at radius 2 is 1.84 bits per heavy atom. The van der Waals surface area contributed by atoms with E-state index in [9.17, 15) is 18.4 Å². The zero-order valence-corrected chi connectivity index (χ0v) is 18.2. The Bertz CT molecular complexity index is 908. The first-order chi connectivity index (χ1) is 15.0. The van der Waals surface area contributed by atoms with Crippen molar-refractivity contribution in [3.8, 4) is 0 Å². The molecule has 1 aromatic carbocycles. The number of halogens is 2. The molecule has 2 saturated heterocycles. The van der Waals surface area contributed by atoms with E-state index in [0.29, 0.717) is 32.5 Å². The highest BCUT2D eigenvalue weighted by Gasteiger charge is 2.30. The predicted octanol–water partition coefficient (Wildman–Crippen LogP) is 3.83. The summed E-state index contributed by atoms with van der Waals surface area (Å²) in [6.45, 7) is 3.46. The van der Waals surface area contributed by atoms with Gasteiger partial charge < -0.3 is 10.2 Å². The molecule has 1 unspecified atom stereocenters. The smallest absolute Gasteiger partial charge is 0.256 e. The van der Waals surface area contributed by atoms with E-state index in [4.69, 9.17) is 0 Å². The van der Waals surface area contributed by atoms with Crippen molar-refractivity contribution in [3.63, 3.8) is 0 Å². The molecule has 3 heterocycles. The van der Waals surface area contributed by atoms with Gasteiger partial charge in [-0.1, -0.05) is 6.07 Å². The van der Waals surface area contributed by atoms with Crippen LogP contribution in [0.15, 0.2) is 35.7 Å². The minimum atomic E-state index is -0.855. The van der Waals surface area contributed by atoms with E-state index in [1.165, 1.54) is 23.8 Å². The summed E-state index contributed by atoms with van der Waals surface area (Å²) in [6.07, 6.45) is 3.45. The van der Waals surface area contributed by atoms with Gasteiger partial charge in [-0.05, 0) is 62.4 Å². The molecule has 8 heteroatoms. The summed E-state index contributed by atoms with van der Waals surface area (Å²) in [5.41, 5.74) is -0.131. The van der Waals surface area contributed by atoms with Crippen LogP contribution in [0.3, 0.4) is 0 Å². The highest BCUT2D eigenvalue weighted by Crippen LogP contribution is 2.28. The molecule has 2 fully saturated rings. The van der Waals surface area contributed by atoms with Crippen molar-refractivity contribution < 1.29 is 18.4 Å². The number of amides is 2. The van der Waals surface area contributed by atoms with Gasteiger partial charge in [-0.25, -0.2) is 8.78 Å². The van der Waals surface area contributed by atoms with Crippen LogP contribution in [0.4, 0.5) is 8.78 Å². The summed E-state index contributed by atoms with van der Waals surface area (Å²) in [6, 6.07) is 7.35. The summed E-state index contributed by atoms with van der Waals surface area (Å²) in [5, 5.41) is 5.20. The molecule has 1 aromatic heterocycles. The van der Waals surface area contributed by atoms with E-state index in [1.54, 1.807) is 16.2 Å². The molecule has 1 N–H and O–H groups in total. The minimum absolute atomic E-state index is 0.0146. The number of likely N-dealkylation sites (tertiary alicyclic amines) is 2. The SMILES string of the molecule is O=C(NCC(c1cccs1)N1CCCC1)C1CCN(C(=O)c2ccc(F)cc2F)CC1. The van der Waals surface area contributed by atoms with Gasteiger partial charge in [0.05, 0.1) is 11.6 Å². The van der Waals surface area contributed by atoms with Crippen molar-refractivity contribution >= 4 is 23.2 Å². The lowest BCUT2D eigenvalue weighted by Crippen LogP contribution is -2.44. The van der Waals surface area contributed by atoms with Gasteiger partial charge in [-0.3, -0.25) is 14.5 Å². The summed E-state index contributed by atoms with van der Waals surface area (Å²) in [7, 11) is 0. The Kier molecular flexibility index (Phi) is 6.97. The molecule has 0 bridgehead atoms. The molecule has 2 aliphatic heterocycles. The molecule has 0 spiro atoms. The Labute approximate surface area is 185 Å². The van der Waals surface area contributed by atoms with Gasteiger partial charge in [0.2, 0.25) is 5.91 Å². The number of hydrogen-bond acceptors (Lipinski definition) is 4. The first-order valence-corrected chi connectivity index (χ1v) is 11.7. The third kappa shape index (κ3) is 5.13. The second-order valence-corrected chi connectivity index (χ2v) is 9.19. The number of carbonyl (C=O) groups excluding carboxylic acids is 2. The van der Waals surface area contributed by atoms with Crippen molar-refractivity contribution in [2.75, 3.05) is 32.7 Å². The zero-order valence-electron chi connectivity index (χ0n) is 17.4. The number of nitrogens with one attached hydrogen (secondary N) is 1. The average molecular weight is 448 g/mol. The van der Waals surface area contributed by atoms with Crippen LogP contribution in [-0.2, 0) is 4.79 Å². The molecule has 5 nitrogen and oxygen atoms in total. The number of thiophene rings is 1. The van der Waals surface area contributed by atoms with Gasteiger partial charge in [0, 0.05) is 36.5 Å². The normalized spacial score (nSPS) is 18.8. The highest BCUT2D eigenvalue weighted by atomic mass is 32.1. The molecule has 1 atom stereocenters. The van der Waals surface area contributed by atoms with Crippen LogP contribution in [0.1, 0.15) is 47.0 Å². The first kappa shape index (κ1) is 21.9. The van der Waals surface area contributed by atoms with Gasteiger partial charge in [-0.2, -0.15) is 0 Å². The predicted molar refractivity (Wildman–Crippen MR) is 116 cm³/mol. The summed E-state index contributed by atoms with van der Waals surface area (Å²) in [5.74, 6) is -2.17. The molecule has 31 heavy (non-hydrogen) atoms. The Balaban J connectivity index is 1.30. The monoisotopic (exact) mass is 447 g/mol. The number of piperidine rings is 1. The molecule has 4 rings (SSSR count). The van der Waals surface area contributed by atoms with Crippen LogP contribution >= 0.6 is 11.3 Å². The average Bonchev–Trinajstić information content (AvgIpc) is 3.48. The van der Waals surface area contributed by atoms with Gasteiger partial charge in [0.15, 0.2) is 0 Å². The first-order valence-electron chi connectivity index (χ1n) is 10.8. The Hall–Kier alpha value is -2.32. The number of nitrogens with zero attached hydrogens (tertiary/aromatic N) is 2. The third-order valence-corrected chi connectivity index (χ3v) is 7.21. The molecule has 0 saturated carbocycles. The lowest BCUT2D eigenvalue weighted by atomic mass is 9.95. The maximum absolute atomic E-state index is 13.9. The topological polar surface area (TPSA) is 52.7 Å². The molecular weight excluding hydrogens is 420 g/mol. The quantitative estimate of drug-likeness (QED) is 0.732. The molecule has 2 aliphatic rings. The minimum Gasteiger partial charge on any atom is -0.354 e. The summed E-state index contributed by atoms with van der Waals surface area (Å²) < 4.78 is 27.0. The largest absolute Gasteiger partial charge is 0.354 e. The molecule has 2 aromatic rings. The number of rotatable bonds is 6. The van der Waals surface area contributed by atoms with Crippen molar-refractivity contribution in [1.29, 1.82) is 0 Å². The van der Waals surface area contributed by atoms with Crippen LogP contribution in [0.2, 0.25) is 0 Å². The van der Waals surface area contributed by atoms with Crippen LogP contribution < -0.4 is 5.32 Å². The van der Waals surface area contributed by atoms with Gasteiger partial charge >= 0.3 is 0 Å². The maximum atomic E-state index is 13.9. The van der Waals surface area contributed by atoms with Crippen molar-refractivity contribution in [2.24, 2.45) is 5.92 Å². The van der Waals surface area contributed by atoms with E-state index in [2.05, 4.69) is 21.7 Å². The number of benzene rings is 1. The van der Waals surface area contributed by atoms with Crippen molar-refractivity contribution in [3.05, 3.63) is 57.8 Å². The van der Waals surface area contributed by atoms with E-state index in [0.717, 1.165) is 25.2 Å².